The van der Waals surface area contributed by atoms with E-state index >= 15 is 0 Å². The molecule has 7 nitrogen and oxygen atoms in total. The van der Waals surface area contributed by atoms with Crippen LogP contribution in [0.1, 0.15) is 32.5 Å². The first-order valence-electron chi connectivity index (χ1n) is 6.93. The van der Waals surface area contributed by atoms with Crippen molar-refractivity contribution in [2.24, 2.45) is 10.7 Å². The fraction of sp³-hybridized carbons (Fsp3) is 0.400. The molecule has 0 amide bonds. The van der Waals surface area contributed by atoms with E-state index in [0.717, 1.165) is 5.69 Å². The smallest absolute Gasteiger partial charge is 0.232 e. The summed E-state index contributed by atoms with van der Waals surface area (Å²) in [5.41, 5.74) is 6.43. The molecule has 2 rings (SSSR count). The van der Waals surface area contributed by atoms with Crippen LogP contribution in [-0.2, 0) is 12.0 Å². The Morgan fingerprint density at radius 2 is 2.04 bits per heavy atom. The maximum absolute atomic E-state index is 5.87. The van der Waals surface area contributed by atoms with Gasteiger partial charge >= 0.3 is 0 Å². The highest BCUT2D eigenvalue weighted by molar-refractivity contribution is 14.0. The summed E-state index contributed by atoms with van der Waals surface area (Å²) in [7, 11) is 1.60. The van der Waals surface area contributed by atoms with Gasteiger partial charge in [-0.3, -0.25) is 0 Å². The first-order valence-corrected chi connectivity index (χ1v) is 6.93. The second-order valence-electron chi connectivity index (χ2n) is 5.79. The standard InChI is InChI=1S/C15H21N5O2.HI/c1-15(2,3)13-19-12(20-22-13)9-17-14(16)18-10-7-5-6-8-11(10)21-4;/h5-8H,9H2,1-4H3,(H3,16,17,18);1H. The molecule has 1 aromatic heterocycles. The Morgan fingerprint density at radius 3 is 2.65 bits per heavy atom. The third-order valence-corrected chi connectivity index (χ3v) is 2.87. The van der Waals surface area contributed by atoms with Gasteiger partial charge in [-0.2, -0.15) is 4.98 Å². The van der Waals surface area contributed by atoms with E-state index in [1.807, 2.05) is 45.0 Å². The molecule has 0 bridgehead atoms. The summed E-state index contributed by atoms with van der Waals surface area (Å²) in [5.74, 6) is 2.02. The van der Waals surface area contributed by atoms with Crippen molar-refractivity contribution in [3.05, 3.63) is 36.0 Å². The Hall–Kier alpha value is -1.84. The van der Waals surface area contributed by atoms with Crippen molar-refractivity contribution in [2.75, 3.05) is 12.4 Å². The lowest BCUT2D eigenvalue weighted by Crippen LogP contribution is -2.23. The Labute approximate surface area is 152 Å². The van der Waals surface area contributed by atoms with Gasteiger partial charge in [0.25, 0.3) is 0 Å². The molecule has 8 heteroatoms. The monoisotopic (exact) mass is 431 g/mol. The molecule has 1 heterocycles. The minimum atomic E-state index is -0.184. The number of aromatic nitrogens is 2. The molecule has 0 saturated heterocycles. The number of nitrogens with two attached hydrogens (primary N) is 1. The first-order chi connectivity index (χ1) is 10.4. The number of hydrogen-bond acceptors (Lipinski definition) is 5. The zero-order valence-electron chi connectivity index (χ0n) is 13.7. The van der Waals surface area contributed by atoms with Crippen molar-refractivity contribution in [2.45, 2.75) is 32.7 Å². The van der Waals surface area contributed by atoms with Gasteiger partial charge in [0.05, 0.1) is 12.8 Å². The van der Waals surface area contributed by atoms with Crippen LogP contribution in [-0.4, -0.2) is 23.2 Å². The number of para-hydroxylation sites is 2. The summed E-state index contributed by atoms with van der Waals surface area (Å²) in [6, 6.07) is 7.45. The van der Waals surface area contributed by atoms with Crippen molar-refractivity contribution in [3.63, 3.8) is 0 Å². The summed E-state index contributed by atoms with van der Waals surface area (Å²) in [6.45, 7) is 6.26. The van der Waals surface area contributed by atoms with Gasteiger partial charge in [0.2, 0.25) is 5.89 Å². The van der Waals surface area contributed by atoms with Crippen molar-refractivity contribution in [1.29, 1.82) is 0 Å². The molecule has 0 saturated carbocycles. The molecule has 0 aliphatic heterocycles. The normalized spacial score (nSPS) is 11.7. The van der Waals surface area contributed by atoms with Gasteiger partial charge in [0.15, 0.2) is 11.8 Å². The van der Waals surface area contributed by atoms with E-state index in [0.29, 0.717) is 17.5 Å². The number of anilines is 1. The van der Waals surface area contributed by atoms with Gasteiger partial charge in [-0.1, -0.05) is 38.1 Å². The number of hydrogen-bond donors (Lipinski definition) is 2. The van der Waals surface area contributed by atoms with Crippen LogP contribution in [0.25, 0.3) is 0 Å². The SMILES string of the molecule is COc1ccccc1NC(N)=NCc1noc(C(C)(C)C)n1.I. The molecule has 0 aliphatic rings. The maximum atomic E-state index is 5.87. The number of rotatable bonds is 4. The van der Waals surface area contributed by atoms with Gasteiger partial charge in [0.1, 0.15) is 12.3 Å². The van der Waals surface area contributed by atoms with E-state index in [1.165, 1.54) is 0 Å². The molecule has 0 unspecified atom stereocenters. The molecule has 0 atom stereocenters. The average Bonchev–Trinajstić information content (AvgIpc) is 2.95. The maximum Gasteiger partial charge on any atom is 0.232 e. The van der Waals surface area contributed by atoms with Crippen LogP contribution >= 0.6 is 24.0 Å². The van der Waals surface area contributed by atoms with Crippen LogP contribution < -0.4 is 15.8 Å². The third kappa shape index (κ3) is 5.38. The lowest BCUT2D eigenvalue weighted by Gasteiger charge is -2.10. The number of guanidine groups is 1. The fourth-order valence-corrected chi connectivity index (χ4v) is 1.70. The summed E-state index contributed by atoms with van der Waals surface area (Å²) in [5, 5.41) is 6.88. The second kappa shape index (κ2) is 8.14. The minimum Gasteiger partial charge on any atom is -0.495 e. The quantitative estimate of drug-likeness (QED) is 0.439. The highest BCUT2D eigenvalue weighted by Crippen LogP contribution is 2.22. The largest absolute Gasteiger partial charge is 0.495 e. The Balaban J connectivity index is 0.00000264. The molecule has 0 fully saturated rings. The highest BCUT2D eigenvalue weighted by atomic mass is 127. The van der Waals surface area contributed by atoms with Crippen molar-refractivity contribution in [1.82, 2.24) is 10.1 Å². The van der Waals surface area contributed by atoms with Crippen molar-refractivity contribution >= 4 is 35.6 Å². The number of nitrogens with one attached hydrogen (secondary N) is 1. The third-order valence-electron chi connectivity index (χ3n) is 2.87. The van der Waals surface area contributed by atoms with E-state index in [1.54, 1.807) is 7.11 Å². The lowest BCUT2D eigenvalue weighted by molar-refractivity contribution is 0.318. The summed E-state index contributed by atoms with van der Waals surface area (Å²) in [4.78, 5) is 8.50. The average molecular weight is 431 g/mol. The number of aliphatic imine (C=N–C) groups is 1. The predicted octanol–water partition coefficient (Wildman–Crippen LogP) is 2.92. The first kappa shape index (κ1) is 19.2. The van der Waals surface area contributed by atoms with E-state index < -0.39 is 0 Å². The topological polar surface area (TPSA) is 98.6 Å². The van der Waals surface area contributed by atoms with Crippen LogP contribution in [0, 0.1) is 0 Å². The molecule has 0 spiro atoms. The van der Waals surface area contributed by atoms with Crippen LogP contribution in [0.3, 0.4) is 0 Å². The zero-order chi connectivity index (χ0) is 16.2. The van der Waals surface area contributed by atoms with Crippen molar-refractivity contribution < 1.29 is 9.26 Å². The summed E-state index contributed by atoms with van der Waals surface area (Å²) < 4.78 is 10.4. The van der Waals surface area contributed by atoms with Crippen LogP contribution in [0.15, 0.2) is 33.8 Å². The van der Waals surface area contributed by atoms with Crippen molar-refractivity contribution in [3.8, 4) is 5.75 Å². The Bertz CT molecular complexity index is 664. The molecule has 0 radical (unpaired) electrons. The van der Waals surface area contributed by atoms with Crippen LogP contribution in [0.4, 0.5) is 5.69 Å². The number of nitrogens with zero attached hydrogens (tertiary/aromatic N) is 3. The van der Waals surface area contributed by atoms with Gasteiger partial charge in [0, 0.05) is 5.41 Å². The molecule has 1 aromatic carbocycles. The number of methoxy groups -OCH3 is 1. The summed E-state index contributed by atoms with van der Waals surface area (Å²) in [6.07, 6.45) is 0. The zero-order valence-corrected chi connectivity index (χ0v) is 16.0. The molecule has 23 heavy (non-hydrogen) atoms. The predicted molar refractivity (Wildman–Crippen MR) is 100 cm³/mol. The number of benzene rings is 1. The Morgan fingerprint density at radius 1 is 1.35 bits per heavy atom. The molecule has 126 valence electrons. The van der Waals surface area contributed by atoms with E-state index in [-0.39, 0.29) is 41.9 Å². The highest BCUT2D eigenvalue weighted by Gasteiger charge is 2.21. The van der Waals surface area contributed by atoms with E-state index in [9.17, 15) is 0 Å². The summed E-state index contributed by atoms with van der Waals surface area (Å²) >= 11 is 0. The Kier molecular flexibility index (Phi) is 6.79. The lowest BCUT2D eigenvalue weighted by atomic mass is 9.97. The molecular weight excluding hydrogens is 409 g/mol. The minimum absolute atomic E-state index is 0. The van der Waals surface area contributed by atoms with Crippen LogP contribution in [0.2, 0.25) is 0 Å². The van der Waals surface area contributed by atoms with E-state index in [2.05, 4.69) is 20.4 Å². The molecule has 2 aromatic rings. The number of ether oxygens (including phenoxy) is 1. The van der Waals surface area contributed by atoms with Gasteiger partial charge in [-0.15, -0.1) is 24.0 Å². The van der Waals surface area contributed by atoms with Crippen LogP contribution in [0.5, 0.6) is 5.75 Å². The second-order valence-corrected chi connectivity index (χ2v) is 5.79. The van der Waals surface area contributed by atoms with E-state index in [4.69, 9.17) is 15.0 Å². The molecule has 0 aliphatic carbocycles. The fourth-order valence-electron chi connectivity index (χ4n) is 1.70. The van der Waals surface area contributed by atoms with Gasteiger partial charge < -0.3 is 20.3 Å². The van der Waals surface area contributed by atoms with Gasteiger partial charge in [-0.25, -0.2) is 4.99 Å². The molecular formula is C15H22IN5O2. The van der Waals surface area contributed by atoms with Gasteiger partial charge in [-0.05, 0) is 12.1 Å². The number of halogens is 1. The molecule has 3 N–H and O–H groups in total.